The molecule has 2 aromatic rings. The molecule has 1 heterocycles. The number of ether oxygens (including phenoxy) is 1. The Balaban J connectivity index is 2.31. The monoisotopic (exact) mass is 247 g/mol. The van der Waals surface area contributed by atoms with Crippen molar-refractivity contribution in [2.75, 3.05) is 14.2 Å². The van der Waals surface area contributed by atoms with Crippen molar-refractivity contribution >= 4 is 11.3 Å². The van der Waals surface area contributed by atoms with Crippen LogP contribution in [0, 0.1) is 0 Å². The van der Waals surface area contributed by atoms with Gasteiger partial charge in [0.1, 0.15) is 0 Å². The summed E-state index contributed by atoms with van der Waals surface area (Å²) in [6.45, 7) is 1.59. The van der Waals surface area contributed by atoms with Crippen molar-refractivity contribution in [1.29, 1.82) is 0 Å². The van der Waals surface area contributed by atoms with Gasteiger partial charge in [-0.3, -0.25) is 0 Å². The molecule has 0 saturated carbocycles. The molecule has 0 fully saturated rings. The van der Waals surface area contributed by atoms with E-state index in [1.165, 1.54) is 20.9 Å². The minimum absolute atomic E-state index is 0.662. The summed E-state index contributed by atoms with van der Waals surface area (Å²) in [5.74, 6) is 0. The summed E-state index contributed by atoms with van der Waals surface area (Å²) < 4.78 is 5.24. The molecule has 90 valence electrons. The van der Waals surface area contributed by atoms with Gasteiger partial charge in [0.15, 0.2) is 0 Å². The van der Waals surface area contributed by atoms with Gasteiger partial charge < -0.3 is 10.1 Å². The molecule has 0 radical (unpaired) electrons. The summed E-state index contributed by atoms with van der Waals surface area (Å²) >= 11 is 1.83. The lowest BCUT2D eigenvalue weighted by atomic mass is 10.1. The first-order valence-corrected chi connectivity index (χ1v) is 6.47. The van der Waals surface area contributed by atoms with Crippen molar-refractivity contribution in [3.8, 4) is 10.4 Å². The molecule has 3 heteroatoms. The van der Waals surface area contributed by atoms with Crippen LogP contribution in [-0.2, 0) is 17.9 Å². The van der Waals surface area contributed by atoms with Crippen molar-refractivity contribution in [3.05, 3.63) is 46.8 Å². The summed E-state index contributed by atoms with van der Waals surface area (Å²) in [6, 6.07) is 12.8. The molecule has 17 heavy (non-hydrogen) atoms. The molecule has 0 aliphatic heterocycles. The molecule has 0 spiro atoms. The van der Waals surface area contributed by atoms with Crippen LogP contribution in [0.5, 0.6) is 0 Å². The fraction of sp³-hybridized carbons (Fsp3) is 0.286. The number of methoxy groups -OCH3 is 1. The van der Waals surface area contributed by atoms with Gasteiger partial charge in [0.25, 0.3) is 0 Å². The third kappa shape index (κ3) is 2.94. The van der Waals surface area contributed by atoms with Gasteiger partial charge in [-0.2, -0.15) is 0 Å². The van der Waals surface area contributed by atoms with Crippen molar-refractivity contribution in [3.63, 3.8) is 0 Å². The zero-order valence-corrected chi connectivity index (χ0v) is 11.0. The second-order valence-electron chi connectivity index (χ2n) is 3.89. The van der Waals surface area contributed by atoms with E-state index in [0.29, 0.717) is 6.61 Å². The van der Waals surface area contributed by atoms with E-state index in [4.69, 9.17) is 4.74 Å². The van der Waals surface area contributed by atoms with Crippen LogP contribution in [0.1, 0.15) is 10.4 Å². The second-order valence-corrected chi connectivity index (χ2v) is 5.05. The smallest absolute Gasteiger partial charge is 0.0719 e. The lowest BCUT2D eigenvalue weighted by Crippen LogP contribution is -2.02. The zero-order chi connectivity index (χ0) is 12.1. The fourth-order valence-corrected chi connectivity index (χ4v) is 2.91. The SMILES string of the molecule is CNCc1ccc(-c2ccccc2COC)s1. The van der Waals surface area contributed by atoms with Crippen LogP contribution in [0.2, 0.25) is 0 Å². The Morgan fingerprint density at radius 2 is 2.00 bits per heavy atom. The molecule has 1 aromatic heterocycles. The van der Waals surface area contributed by atoms with E-state index in [-0.39, 0.29) is 0 Å². The highest BCUT2D eigenvalue weighted by atomic mass is 32.1. The van der Waals surface area contributed by atoms with Crippen molar-refractivity contribution in [1.82, 2.24) is 5.32 Å². The molecule has 0 atom stereocenters. The highest BCUT2D eigenvalue weighted by Gasteiger charge is 2.06. The van der Waals surface area contributed by atoms with Crippen LogP contribution >= 0.6 is 11.3 Å². The molecular weight excluding hydrogens is 230 g/mol. The highest BCUT2D eigenvalue weighted by Crippen LogP contribution is 2.31. The van der Waals surface area contributed by atoms with Gasteiger partial charge in [0, 0.05) is 23.4 Å². The first-order valence-electron chi connectivity index (χ1n) is 5.65. The molecule has 0 bridgehead atoms. The van der Waals surface area contributed by atoms with Crippen molar-refractivity contribution in [2.45, 2.75) is 13.2 Å². The van der Waals surface area contributed by atoms with Gasteiger partial charge in [0.2, 0.25) is 0 Å². The Labute approximate surface area is 106 Å². The van der Waals surface area contributed by atoms with Crippen molar-refractivity contribution in [2.24, 2.45) is 0 Å². The molecular formula is C14H17NOS. The predicted octanol–water partition coefficient (Wildman–Crippen LogP) is 3.28. The summed E-state index contributed by atoms with van der Waals surface area (Å²) in [7, 11) is 3.70. The first-order chi connectivity index (χ1) is 8.35. The minimum Gasteiger partial charge on any atom is -0.380 e. The Kier molecular flexibility index (Phi) is 4.31. The van der Waals surface area contributed by atoms with Crippen LogP contribution in [0.4, 0.5) is 0 Å². The quantitative estimate of drug-likeness (QED) is 0.875. The van der Waals surface area contributed by atoms with E-state index in [9.17, 15) is 0 Å². The van der Waals surface area contributed by atoms with E-state index in [1.54, 1.807) is 7.11 Å². The summed E-state index contributed by atoms with van der Waals surface area (Å²) in [4.78, 5) is 2.66. The van der Waals surface area contributed by atoms with Gasteiger partial charge in [-0.1, -0.05) is 24.3 Å². The molecule has 1 N–H and O–H groups in total. The largest absolute Gasteiger partial charge is 0.380 e. The molecule has 0 aliphatic carbocycles. The lowest BCUT2D eigenvalue weighted by Gasteiger charge is -2.06. The van der Waals surface area contributed by atoms with Crippen LogP contribution in [-0.4, -0.2) is 14.2 Å². The maximum atomic E-state index is 5.24. The Hall–Kier alpha value is -1.16. The van der Waals surface area contributed by atoms with E-state index >= 15 is 0 Å². The van der Waals surface area contributed by atoms with Crippen LogP contribution in [0.3, 0.4) is 0 Å². The van der Waals surface area contributed by atoms with E-state index in [1.807, 2.05) is 18.4 Å². The fourth-order valence-electron chi connectivity index (χ4n) is 1.83. The first kappa shape index (κ1) is 12.3. The maximum absolute atomic E-state index is 5.24. The third-order valence-electron chi connectivity index (χ3n) is 2.60. The molecule has 0 unspecified atom stereocenters. The number of hydrogen-bond donors (Lipinski definition) is 1. The Morgan fingerprint density at radius 1 is 1.18 bits per heavy atom. The van der Waals surface area contributed by atoms with E-state index < -0.39 is 0 Å². The second kappa shape index (κ2) is 5.96. The maximum Gasteiger partial charge on any atom is 0.0719 e. The average molecular weight is 247 g/mol. The van der Waals surface area contributed by atoms with Crippen LogP contribution < -0.4 is 5.32 Å². The van der Waals surface area contributed by atoms with Gasteiger partial charge in [-0.25, -0.2) is 0 Å². The van der Waals surface area contributed by atoms with Gasteiger partial charge in [0.05, 0.1) is 6.61 Å². The van der Waals surface area contributed by atoms with Gasteiger partial charge in [-0.15, -0.1) is 11.3 Å². The van der Waals surface area contributed by atoms with E-state index in [0.717, 1.165) is 6.54 Å². The predicted molar refractivity (Wildman–Crippen MR) is 73.2 cm³/mol. The highest BCUT2D eigenvalue weighted by molar-refractivity contribution is 7.15. The topological polar surface area (TPSA) is 21.3 Å². The number of nitrogens with one attached hydrogen (secondary N) is 1. The number of hydrogen-bond acceptors (Lipinski definition) is 3. The normalized spacial score (nSPS) is 10.7. The minimum atomic E-state index is 0.662. The molecule has 0 saturated heterocycles. The zero-order valence-electron chi connectivity index (χ0n) is 10.2. The molecule has 0 aliphatic rings. The van der Waals surface area contributed by atoms with Gasteiger partial charge in [-0.05, 0) is 30.3 Å². The number of thiophene rings is 1. The summed E-state index contributed by atoms with van der Waals surface area (Å²) in [5.41, 5.74) is 2.52. The van der Waals surface area contributed by atoms with Crippen LogP contribution in [0.15, 0.2) is 36.4 Å². The summed E-state index contributed by atoms with van der Waals surface area (Å²) in [5, 5.41) is 3.17. The van der Waals surface area contributed by atoms with Crippen molar-refractivity contribution < 1.29 is 4.74 Å². The Bertz CT molecular complexity index is 479. The lowest BCUT2D eigenvalue weighted by molar-refractivity contribution is 0.185. The molecule has 2 rings (SSSR count). The molecule has 0 amide bonds. The number of rotatable bonds is 5. The van der Waals surface area contributed by atoms with E-state index in [2.05, 4.69) is 41.7 Å². The number of benzene rings is 1. The van der Waals surface area contributed by atoms with Gasteiger partial charge >= 0.3 is 0 Å². The standard InChI is InChI=1S/C14H17NOS/c1-15-9-12-7-8-14(17-12)13-6-4-3-5-11(13)10-16-2/h3-8,15H,9-10H2,1-2H3. The third-order valence-corrected chi connectivity index (χ3v) is 3.71. The summed E-state index contributed by atoms with van der Waals surface area (Å²) in [6.07, 6.45) is 0. The molecule has 1 aromatic carbocycles. The van der Waals surface area contributed by atoms with Crippen LogP contribution in [0.25, 0.3) is 10.4 Å². The molecule has 2 nitrogen and oxygen atoms in total. The Morgan fingerprint density at radius 3 is 2.76 bits per heavy atom. The average Bonchev–Trinajstić information content (AvgIpc) is 2.79.